The first-order valence-corrected chi connectivity index (χ1v) is 6.31. The Morgan fingerprint density at radius 1 is 1.24 bits per heavy atom. The fourth-order valence-corrected chi connectivity index (χ4v) is 2.19. The van der Waals surface area contributed by atoms with Gasteiger partial charge in [0.15, 0.2) is 0 Å². The average Bonchev–Trinajstić information content (AvgIpc) is 2.34. The van der Waals surface area contributed by atoms with Crippen molar-refractivity contribution in [1.82, 2.24) is 4.98 Å². The smallest absolute Gasteiger partial charge is 0.0848 e. The van der Waals surface area contributed by atoms with Gasteiger partial charge in [-0.15, -0.1) is 0 Å². The van der Waals surface area contributed by atoms with E-state index in [1.54, 1.807) is 6.20 Å². The van der Waals surface area contributed by atoms with Crippen LogP contribution in [0.3, 0.4) is 0 Å². The van der Waals surface area contributed by atoms with Crippen LogP contribution < -0.4 is 0 Å². The van der Waals surface area contributed by atoms with Crippen LogP contribution in [0, 0.1) is 6.92 Å². The van der Waals surface area contributed by atoms with Crippen LogP contribution in [0.4, 0.5) is 0 Å². The molecule has 1 heterocycles. The zero-order valence-corrected chi connectivity index (χ0v) is 11.2. The van der Waals surface area contributed by atoms with E-state index in [2.05, 4.69) is 20.9 Å². The van der Waals surface area contributed by atoms with Crippen LogP contribution in [0.5, 0.6) is 0 Å². The minimum atomic E-state index is -0.512. The van der Waals surface area contributed by atoms with Crippen molar-refractivity contribution in [1.29, 1.82) is 0 Å². The van der Waals surface area contributed by atoms with Gasteiger partial charge in [0.05, 0.1) is 6.10 Å². The molecule has 2 rings (SSSR count). The molecule has 1 unspecified atom stereocenters. The molecule has 88 valence electrons. The molecule has 1 aromatic heterocycles. The maximum absolute atomic E-state index is 10.2. The van der Waals surface area contributed by atoms with E-state index in [4.69, 9.17) is 0 Å². The van der Waals surface area contributed by atoms with Crippen LogP contribution in [0.2, 0.25) is 0 Å². The standard InChI is InChI=1S/C14H14BrNO/c1-10-12(6-4-7-13(10)15)14(17)9-11-5-2-3-8-16-11/h2-8,14,17H,9H2,1H3. The highest BCUT2D eigenvalue weighted by Gasteiger charge is 2.12. The van der Waals surface area contributed by atoms with Crippen LogP contribution in [-0.2, 0) is 6.42 Å². The number of halogens is 1. The number of rotatable bonds is 3. The van der Waals surface area contributed by atoms with Gasteiger partial charge in [-0.05, 0) is 36.2 Å². The first kappa shape index (κ1) is 12.3. The van der Waals surface area contributed by atoms with Gasteiger partial charge in [0.2, 0.25) is 0 Å². The summed E-state index contributed by atoms with van der Waals surface area (Å²) >= 11 is 3.47. The predicted molar refractivity (Wildman–Crippen MR) is 71.8 cm³/mol. The summed E-state index contributed by atoms with van der Waals surface area (Å²) in [5.41, 5.74) is 2.93. The summed E-state index contributed by atoms with van der Waals surface area (Å²) in [4.78, 5) is 4.22. The molecule has 1 atom stereocenters. The van der Waals surface area contributed by atoms with Crippen LogP contribution in [0.1, 0.15) is 22.9 Å². The van der Waals surface area contributed by atoms with Crippen molar-refractivity contribution in [2.75, 3.05) is 0 Å². The topological polar surface area (TPSA) is 33.1 Å². The highest BCUT2D eigenvalue weighted by Crippen LogP contribution is 2.26. The summed E-state index contributed by atoms with van der Waals surface area (Å²) < 4.78 is 1.02. The predicted octanol–water partition coefficient (Wildman–Crippen LogP) is 3.43. The van der Waals surface area contributed by atoms with Crippen LogP contribution in [0.25, 0.3) is 0 Å². The van der Waals surface area contributed by atoms with Crippen LogP contribution >= 0.6 is 15.9 Å². The van der Waals surface area contributed by atoms with Gasteiger partial charge >= 0.3 is 0 Å². The zero-order chi connectivity index (χ0) is 12.3. The second kappa shape index (κ2) is 5.43. The molecule has 0 radical (unpaired) electrons. The van der Waals surface area contributed by atoms with Gasteiger partial charge in [-0.3, -0.25) is 4.98 Å². The molecule has 0 aliphatic heterocycles. The van der Waals surface area contributed by atoms with E-state index in [-0.39, 0.29) is 0 Å². The molecule has 0 amide bonds. The number of pyridine rings is 1. The molecule has 0 fully saturated rings. The highest BCUT2D eigenvalue weighted by atomic mass is 79.9. The van der Waals surface area contributed by atoms with Crippen LogP contribution in [-0.4, -0.2) is 10.1 Å². The lowest BCUT2D eigenvalue weighted by molar-refractivity contribution is 0.176. The van der Waals surface area contributed by atoms with E-state index in [9.17, 15) is 5.11 Å². The Balaban J connectivity index is 2.20. The van der Waals surface area contributed by atoms with Gasteiger partial charge in [-0.25, -0.2) is 0 Å². The molecule has 0 bridgehead atoms. The van der Waals surface area contributed by atoms with Crippen LogP contribution in [0.15, 0.2) is 47.1 Å². The van der Waals surface area contributed by atoms with Gasteiger partial charge in [0.1, 0.15) is 0 Å². The third-order valence-corrected chi connectivity index (χ3v) is 3.66. The molecule has 3 heteroatoms. The summed E-state index contributed by atoms with van der Waals surface area (Å²) in [5, 5.41) is 10.2. The largest absolute Gasteiger partial charge is 0.388 e. The van der Waals surface area contributed by atoms with Crippen molar-refractivity contribution in [2.24, 2.45) is 0 Å². The van der Waals surface area contributed by atoms with Gasteiger partial charge in [-0.2, -0.15) is 0 Å². The molecule has 0 aliphatic rings. The van der Waals surface area contributed by atoms with Crippen molar-refractivity contribution in [2.45, 2.75) is 19.4 Å². The van der Waals surface area contributed by atoms with Crippen molar-refractivity contribution in [3.05, 3.63) is 63.9 Å². The molecule has 0 aliphatic carbocycles. The Labute approximate surface area is 109 Å². The highest BCUT2D eigenvalue weighted by molar-refractivity contribution is 9.10. The summed E-state index contributed by atoms with van der Waals surface area (Å²) in [5.74, 6) is 0. The summed E-state index contributed by atoms with van der Waals surface area (Å²) in [6.07, 6.45) is 1.77. The summed E-state index contributed by atoms with van der Waals surface area (Å²) in [6, 6.07) is 11.6. The zero-order valence-electron chi connectivity index (χ0n) is 9.60. The van der Waals surface area contributed by atoms with Crippen molar-refractivity contribution < 1.29 is 5.11 Å². The third kappa shape index (κ3) is 2.93. The van der Waals surface area contributed by atoms with E-state index in [1.165, 1.54) is 0 Å². The van der Waals surface area contributed by atoms with E-state index in [1.807, 2.05) is 43.3 Å². The number of aliphatic hydroxyl groups is 1. The normalized spacial score (nSPS) is 12.4. The number of aliphatic hydroxyl groups excluding tert-OH is 1. The molecule has 0 saturated heterocycles. The Bertz CT molecular complexity index is 499. The van der Waals surface area contributed by atoms with E-state index in [0.29, 0.717) is 6.42 Å². The second-order valence-electron chi connectivity index (χ2n) is 4.00. The number of aromatic nitrogens is 1. The quantitative estimate of drug-likeness (QED) is 0.940. The van der Waals surface area contributed by atoms with Gasteiger partial charge in [0.25, 0.3) is 0 Å². The maximum Gasteiger partial charge on any atom is 0.0848 e. The number of nitrogens with zero attached hydrogens (tertiary/aromatic N) is 1. The van der Waals surface area contributed by atoms with E-state index >= 15 is 0 Å². The van der Waals surface area contributed by atoms with Gasteiger partial charge < -0.3 is 5.11 Å². The molecule has 2 nitrogen and oxygen atoms in total. The third-order valence-electron chi connectivity index (χ3n) is 2.80. The van der Waals surface area contributed by atoms with Crippen molar-refractivity contribution >= 4 is 15.9 Å². The molecule has 0 saturated carbocycles. The molecule has 17 heavy (non-hydrogen) atoms. The Kier molecular flexibility index (Phi) is 3.92. The minimum absolute atomic E-state index is 0.512. The Morgan fingerprint density at radius 2 is 2.06 bits per heavy atom. The molecule has 1 N–H and O–H groups in total. The number of benzene rings is 1. The first-order chi connectivity index (χ1) is 8.18. The maximum atomic E-state index is 10.2. The lowest BCUT2D eigenvalue weighted by Crippen LogP contribution is -2.05. The second-order valence-corrected chi connectivity index (χ2v) is 4.85. The minimum Gasteiger partial charge on any atom is -0.388 e. The van der Waals surface area contributed by atoms with Crippen molar-refractivity contribution in [3.8, 4) is 0 Å². The first-order valence-electron chi connectivity index (χ1n) is 5.51. The van der Waals surface area contributed by atoms with Gasteiger partial charge in [0, 0.05) is 22.8 Å². The molecular weight excluding hydrogens is 278 g/mol. The molecule has 0 spiro atoms. The molecule has 2 aromatic rings. The summed E-state index contributed by atoms with van der Waals surface area (Å²) in [6.45, 7) is 2.00. The van der Waals surface area contributed by atoms with Gasteiger partial charge in [-0.1, -0.05) is 34.1 Å². The summed E-state index contributed by atoms with van der Waals surface area (Å²) in [7, 11) is 0. The molecular formula is C14H14BrNO. The van der Waals surface area contributed by atoms with Crippen molar-refractivity contribution in [3.63, 3.8) is 0 Å². The van der Waals surface area contributed by atoms with E-state index in [0.717, 1.165) is 21.3 Å². The Morgan fingerprint density at radius 3 is 2.76 bits per heavy atom. The number of hydrogen-bond donors (Lipinski definition) is 1. The molecule has 1 aromatic carbocycles. The number of hydrogen-bond acceptors (Lipinski definition) is 2. The monoisotopic (exact) mass is 291 g/mol. The Hall–Kier alpha value is -1.19. The fraction of sp³-hybridized carbons (Fsp3) is 0.214. The lowest BCUT2D eigenvalue weighted by atomic mass is 10.00. The lowest BCUT2D eigenvalue weighted by Gasteiger charge is -2.14. The fourth-order valence-electron chi connectivity index (χ4n) is 1.81. The average molecular weight is 292 g/mol. The SMILES string of the molecule is Cc1c(Br)cccc1C(O)Cc1ccccn1. The van der Waals surface area contributed by atoms with E-state index < -0.39 is 6.10 Å².